The van der Waals surface area contributed by atoms with Gasteiger partial charge in [0.15, 0.2) is 0 Å². The second kappa shape index (κ2) is 15.8. The fraction of sp³-hybridized carbons (Fsp3) is 0.600. The zero-order chi connectivity index (χ0) is 6.24. The SMILES string of the molecule is C.C.C1=CCC=C1.CCC. The van der Waals surface area contributed by atoms with Crippen LogP contribution in [0.4, 0.5) is 0 Å². The molecule has 0 aromatic carbocycles. The van der Waals surface area contributed by atoms with E-state index in [-0.39, 0.29) is 14.9 Å². The molecule has 0 aliphatic heterocycles. The molecular formula is C10H22. The predicted molar refractivity (Wildman–Crippen MR) is 52.3 cm³/mol. The maximum absolute atomic E-state index is 2.12. The smallest absolute Gasteiger partial charge is 0.0163 e. The van der Waals surface area contributed by atoms with Crippen LogP contribution in [-0.2, 0) is 0 Å². The average molecular weight is 142 g/mol. The van der Waals surface area contributed by atoms with Crippen molar-refractivity contribution in [2.24, 2.45) is 0 Å². The van der Waals surface area contributed by atoms with Crippen molar-refractivity contribution in [2.45, 2.75) is 41.5 Å². The van der Waals surface area contributed by atoms with Crippen LogP contribution in [0.25, 0.3) is 0 Å². The minimum absolute atomic E-state index is 0. The van der Waals surface area contributed by atoms with Crippen LogP contribution in [0.3, 0.4) is 0 Å². The molecule has 0 heterocycles. The first-order valence-corrected chi connectivity index (χ1v) is 3.23. The average Bonchev–Trinajstić information content (AvgIpc) is 2.17. The summed E-state index contributed by atoms with van der Waals surface area (Å²) >= 11 is 0. The summed E-state index contributed by atoms with van der Waals surface area (Å²) in [5.74, 6) is 0. The molecule has 0 atom stereocenters. The minimum Gasteiger partial charge on any atom is -0.0808 e. The summed E-state index contributed by atoms with van der Waals surface area (Å²) in [5.41, 5.74) is 0. The molecule has 0 saturated heterocycles. The van der Waals surface area contributed by atoms with Crippen molar-refractivity contribution >= 4 is 0 Å². The third kappa shape index (κ3) is 15.6. The van der Waals surface area contributed by atoms with E-state index in [0.717, 1.165) is 6.42 Å². The molecule has 0 aromatic heterocycles. The van der Waals surface area contributed by atoms with Gasteiger partial charge in [-0.05, 0) is 6.42 Å². The summed E-state index contributed by atoms with van der Waals surface area (Å²) in [7, 11) is 0. The van der Waals surface area contributed by atoms with Crippen LogP contribution >= 0.6 is 0 Å². The number of allylic oxidation sites excluding steroid dienone is 4. The first-order chi connectivity index (χ1) is 3.91. The normalized spacial score (nSPS) is 10.6. The van der Waals surface area contributed by atoms with Gasteiger partial charge in [0.05, 0.1) is 0 Å². The molecule has 0 nitrogen and oxygen atoms in total. The third-order valence-corrected chi connectivity index (χ3v) is 0.655. The highest BCUT2D eigenvalue weighted by Crippen LogP contribution is 1.93. The van der Waals surface area contributed by atoms with Crippen molar-refractivity contribution in [2.75, 3.05) is 0 Å². The van der Waals surface area contributed by atoms with E-state index in [9.17, 15) is 0 Å². The van der Waals surface area contributed by atoms with Crippen molar-refractivity contribution < 1.29 is 0 Å². The van der Waals surface area contributed by atoms with E-state index in [1.54, 1.807) is 0 Å². The van der Waals surface area contributed by atoms with Crippen molar-refractivity contribution in [3.05, 3.63) is 24.3 Å². The lowest BCUT2D eigenvalue weighted by atomic mass is 10.5. The molecule has 1 aliphatic carbocycles. The predicted octanol–water partition coefficient (Wildman–Crippen LogP) is 4.19. The van der Waals surface area contributed by atoms with E-state index >= 15 is 0 Å². The highest BCUT2D eigenvalue weighted by atomic mass is 13.8. The lowest BCUT2D eigenvalue weighted by Gasteiger charge is -1.57. The molecule has 0 fully saturated rings. The molecule has 0 heteroatoms. The van der Waals surface area contributed by atoms with Crippen LogP contribution in [0.1, 0.15) is 41.5 Å². The Kier molecular flexibility index (Phi) is 25.7. The number of rotatable bonds is 0. The Labute approximate surface area is 66.7 Å². The van der Waals surface area contributed by atoms with Gasteiger partial charge in [0.2, 0.25) is 0 Å². The van der Waals surface area contributed by atoms with Gasteiger partial charge in [0.25, 0.3) is 0 Å². The lowest BCUT2D eigenvalue weighted by molar-refractivity contribution is 1.09. The second-order valence-electron chi connectivity index (χ2n) is 1.80. The van der Waals surface area contributed by atoms with Crippen LogP contribution in [-0.4, -0.2) is 0 Å². The summed E-state index contributed by atoms with van der Waals surface area (Å²) in [6, 6.07) is 0. The van der Waals surface area contributed by atoms with E-state index < -0.39 is 0 Å². The van der Waals surface area contributed by atoms with Crippen molar-refractivity contribution in [1.29, 1.82) is 0 Å². The van der Waals surface area contributed by atoms with Gasteiger partial charge < -0.3 is 0 Å². The molecular weight excluding hydrogens is 120 g/mol. The van der Waals surface area contributed by atoms with Gasteiger partial charge in [0, 0.05) is 0 Å². The summed E-state index contributed by atoms with van der Waals surface area (Å²) in [4.78, 5) is 0. The van der Waals surface area contributed by atoms with Crippen LogP contribution < -0.4 is 0 Å². The second-order valence-corrected chi connectivity index (χ2v) is 1.80. The third-order valence-electron chi connectivity index (χ3n) is 0.655. The van der Waals surface area contributed by atoms with E-state index in [1.165, 1.54) is 6.42 Å². The first-order valence-electron chi connectivity index (χ1n) is 3.23. The Morgan fingerprint density at radius 1 is 1.00 bits per heavy atom. The van der Waals surface area contributed by atoms with Gasteiger partial charge >= 0.3 is 0 Å². The lowest BCUT2D eigenvalue weighted by Crippen LogP contribution is -1.37. The number of hydrogen-bond donors (Lipinski definition) is 0. The quantitative estimate of drug-likeness (QED) is 0.475. The standard InChI is InChI=1S/C5H6.C3H8.2CH4/c1-2-4-5-3-1;1-3-2;;/h1-4H,5H2;3H2,1-2H3;2*1H4. The topological polar surface area (TPSA) is 0 Å². The van der Waals surface area contributed by atoms with Gasteiger partial charge in [-0.2, -0.15) is 0 Å². The highest BCUT2D eigenvalue weighted by molar-refractivity contribution is 5.11. The molecule has 0 unspecified atom stereocenters. The van der Waals surface area contributed by atoms with Crippen LogP contribution in [0, 0.1) is 0 Å². The Morgan fingerprint density at radius 2 is 1.30 bits per heavy atom. The Balaban J connectivity index is -0.0000000900. The van der Waals surface area contributed by atoms with Gasteiger partial charge in [-0.25, -0.2) is 0 Å². The molecule has 62 valence electrons. The van der Waals surface area contributed by atoms with Gasteiger partial charge in [0.1, 0.15) is 0 Å². The molecule has 0 radical (unpaired) electrons. The maximum atomic E-state index is 2.12. The van der Waals surface area contributed by atoms with Crippen LogP contribution in [0.15, 0.2) is 24.3 Å². The van der Waals surface area contributed by atoms with Crippen molar-refractivity contribution in [3.63, 3.8) is 0 Å². The van der Waals surface area contributed by atoms with E-state index in [1.807, 2.05) is 0 Å². The summed E-state index contributed by atoms with van der Waals surface area (Å²) in [6.45, 7) is 4.25. The molecule has 0 amide bonds. The Bertz CT molecular complexity index is 68.0. The van der Waals surface area contributed by atoms with E-state index in [4.69, 9.17) is 0 Å². The fourth-order valence-corrected chi connectivity index (χ4v) is 0.393. The van der Waals surface area contributed by atoms with Crippen molar-refractivity contribution in [1.82, 2.24) is 0 Å². The summed E-state index contributed by atoms with van der Waals surface area (Å²) < 4.78 is 0. The molecule has 0 spiro atoms. The van der Waals surface area contributed by atoms with Crippen LogP contribution in [0.5, 0.6) is 0 Å². The molecule has 0 N–H and O–H groups in total. The summed E-state index contributed by atoms with van der Waals surface area (Å²) in [6.07, 6.45) is 10.8. The highest BCUT2D eigenvalue weighted by Gasteiger charge is 1.72. The fourth-order valence-electron chi connectivity index (χ4n) is 0.393. The minimum atomic E-state index is 0. The molecule has 0 saturated carbocycles. The zero-order valence-electron chi connectivity index (χ0n) is 5.72. The molecule has 1 rings (SSSR count). The Morgan fingerprint density at radius 3 is 1.40 bits per heavy atom. The van der Waals surface area contributed by atoms with Crippen molar-refractivity contribution in [3.8, 4) is 0 Å². The molecule has 10 heavy (non-hydrogen) atoms. The monoisotopic (exact) mass is 142 g/mol. The first kappa shape index (κ1) is 16.2. The Hall–Kier alpha value is -0.520. The van der Waals surface area contributed by atoms with Gasteiger partial charge in [-0.15, -0.1) is 0 Å². The van der Waals surface area contributed by atoms with Gasteiger partial charge in [-0.1, -0.05) is 59.4 Å². The largest absolute Gasteiger partial charge is 0.0808 e. The van der Waals surface area contributed by atoms with E-state index in [0.29, 0.717) is 0 Å². The number of hydrogen-bond acceptors (Lipinski definition) is 0. The maximum Gasteiger partial charge on any atom is -0.0163 e. The van der Waals surface area contributed by atoms with Crippen LogP contribution in [0.2, 0.25) is 0 Å². The molecule has 0 aromatic rings. The molecule has 1 aliphatic rings. The van der Waals surface area contributed by atoms with E-state index in [2.05, 4.69) is 38.2 Å². The van der Waals surface area contributed by atoms with Gasteiger partial charge in [-0.3, -0.25) is 0 Å². The molecule has 0 bridgehead atoms. The summed E-state index contributed by atoms with van der Waals surface area (Å²) in [5, 5.41) is 0. The zero-order valence-corrected chi connectivity index (χ0v) is 5.72.